The van der Waals surface area contributed by atoms with Crippen LogP contribution in [0.4, 0.5) is 0 Å². The molecule has 0 saturated carbocycles. The van der Waals surface area contributed by atoms with Crippen LogP contribution in [0, 0.1) is 6.92 Å². The molecule has 0 saturated heterocycles. The highest BCUT2D eigenvalue weighted by Gasteiger charge is 2.18. The van der Waals surface area contributed by atoms with Crippen molar-refractivity contribution in [3.8, 4) is 5.75 Å². The van der Waals surface area contributed by atoms with Gasteiger partial charge in [-0.3, -0.25) is 0 Å². The molecule has 0 aliphatic rings. The van der Waals surface area contributed by atoms with E-state index in [2.05, 4.69) is 53.9 Å². The van der Waals surface area contributed by atoms with Crippen LogP contribution < -0.4 is 10.5 Å². The van der Waals surface area contributed by atoms with Crippen molar-refractivity contribution in [3.63, 3.8) is 0 Å². The summed E-state index contributed by atoms with van der Waals surface area (Å²) >= 11 is 10.6. The lowest BCUT2D eigenvalue weighted by Crippen LogP contribution is -2.14. The molecular weight excluding hydrogens is 450 g/mol. The van der Waals surface area contributed by atoms with E-state index in [1.54, 1.807) is 7.11 Å². The van der Waals surface area contributed by atoms with E-state index in [1.165, 1.54) is 0 Å². The monoisotopic (exact) mass is 461 g/mol. The molecule has 1 atom stereocenters. The number of halogens is 3. The Morgan fingerprint density at radius 3 is 2.35 bits per heavy atom. The fourth-order valence-corrected chi connectivity index (χ4v) is 3.42. The SMILES string of the molecule is COc1cc(Br)ccc1C(N)c1cc(Br)c(C)cc1Br. The summed E-state index contributed by atoms with van der Waals surface area (Å²) in [5.74, 6) is 0.774. The molecule has 1 unspecified atom stereocenters. The second kappa shape index (κ2) is 6.60. The van der Waals surface area contributed by atoms with Crippen LogP contribution in [0.3, 0.4) is 0 Å². The Kier molecular flexibility index (Phi) is 5.29. The van der Waals surface area contributed by atoms with Crippen molar-refractivity contribution in [3.05, 3.63) is 60.4 Å². The summed E-state index contributed by atoms with van der Waals surface area (Å²) in [5.41, 5.74) is 9.55. The van der Waals surface area contributed by atoms with Gasteiger partial charge in [0.25, 0.3) is 0 Å². The molecule has 106 valence electrons. The van der Waals surface area contributed by atoms with Crippen LogP contribution in [0.15, 0.2) is 43.7 Å². The number of nitrogens with two attached hydrogens (primary N) is 1. The number of ether oxygens (including phenoxy) is 1. The average molecular weight is 464 g/mol. The Labute approximate surface area is 144 Å². The van der Waals surface area contributed by atoms with Gasteiger partial charge in [0.05, 0.1) is 13.2 Å². The number of hydrogen-bond donors (Lipinski definition) is 1. The van der Waals surface area contributed by atoms with Crippen molar-refractivity contribution in [2.24, 2.45) is 5.73 Å². The zero-order valence-corrected chi connectivity index (χ0v) is 15.8. The van der Waals surface area contributed by atoms with Gasteiger partial charge in [-0.2, -0.15) is 0 Å². The zero-order chi connectivity index (χ0) is 14.9. The predicted molar refractivity (Wildman–Crippen MR) is 93.3 cm³/mol. The summed E-state index contributed by atoms with van der Waals surface area (Å²) in [5, 5.41) is 0. The van der Waals surface area contributed by atoms with Gasteiger partial charge in [0.2, 0.25) is 0 Å². The maximum Gasteiger partial charge on any atom is 0.125 e. The van der Waals surface area contributed by atoms with Gasteiger partial charge in [0.15, 0.2) is 0 Å². The maximum absolute atomic E-state index is 6.42. The molecule has 0 heterocycles. The van der Waals surface area contributed by atoms with Gasteiger partial charge < -0.3 is 10.5 Å². The average Bonchev–Trinajstić information content (AvgIpc) is 2.42. The maximum atomic E-state index is 6.42. The van der Waals surface area contributed by atoms with Gasteiger partial charge in [-0.05, 0) is 42.3 Å². The first-order chi connectivity index (χ1) is 9.43. The lowest BCUT2D eigenvalue weighted by atomic mass is 9.98. The van der Waals surface area contributed by atoms with E-state index in [-0.39, 0.29) is 6.04 Å². The van der Waals surface area contributed by atoms with Crippen LogP contribution in [0.25, 0.3) is 0 Å². The van der Waals surface area contributed by atoms with E-state index in [4.69, 9.17) is 10.5 Å². The van der Waals surface area contributed by atoms with Crippen LogP contribution in [0.1, 0.15) is 22.7 Å². The predicted octanol–water partition coefficient (Wildman–Crippen LogP) is 5.34. The van der Waals surface area contributed by atoms with E-state index < -0.39 is 0 Å². The number of aryl methyl sites for hydroxylation is 1. The highest BCUT2D eigenvalue weighted by atomic mass is 79.9. The van der Waals surface area contributed by atoms with Crippen LogP contribution in [-0.4, -0.2) is 7.11 Å². The molecule has 2 aromatic rings. The van der Waals surface area contributed by atoms with E-state index in [1.807, 2.05) is 31.2 Å². The van der Waals surface area contributed by atoms with Crippen LogP contribution in [-0.2, 0) is 0 Å². The summed E-state index contributed by atoms with van der Waals surface area (Å²) in [6.45, 7) is 2.05. The lowest BCUT2D eigenvalue weighted by Gasteiger charge is -2.18. The van der Waals surface area contributed by atoms with Gasteiger partial charge in [0.1, 0.15) is 5.75 Å². The number of hydrogen-bond acceptors (Lipinski definition) is 2. The quantitative estimate of drug-likeness (QED) is 0.666. The minimum Gasteiger partial charge on any atom is -0.496 e. The fraction of sp³-hybridized carbons (Fsp3) is 0.200. The van der Waals surface area contributed by atoms with Gasteiger partial charge in [0, 0.05) is 19.0 Å². The topological polar surface area (TPSA) is 35.2 Å². The van der Waals surface area contributed by atoms with Crippen LogP contribution in [0.5, 0.6) is 5.75 Å². The molecular formula is C15H14Br3NO. The van der Waals surface area contributed by atoms with Crippen molar-refractivity contribution in [2.75, 3.05) is 7.11 Å². The van der Waals surface area contributed by atoms with Crippen molar-refractivity contribution in [1.82, 2.24) is 0 Å². The molecule has 0 spiro atoms. The molecule has 5 heteroatoms. The Balaban J connectivity index is 2.51. The van der Waals surface area contributed by atoms with E-state index >= 15 is 0 Å². The second-order valence-electron chi connectivity index (χ2n) is 4.49. The molecule has 0 aliphatic carbocycles. The first-order valence-corrected chi connectivity index (χ1v) is 8.36. The third-order valence-corrected chi connectivity index (χ3v) is 5.18. The van der Waals surface area contributed by atoms with Gasteiger partial charge >= 0.3 is 0 Å². The minimum absolute atomic E-state index is 0.260. The van der Waals surface area contributed by atoms with Gasteiger partial charge in [-0.25, -0.2) is 0 Å². The third kappa shape index (κ3) is 3.27. The molecule has 0 aliphatic heterocycles. The smallest absolute Gasteiger partial charge is 0.125 e. The molecule has 0 aromatic heterocycles. The number of benzene rings is 2. The van der Waals surface area contributed by atoms with E-state index in [0.717, 1.165) is 35.9 Å². The van der Waals surface area contributed by atoms with Crippen molar-refractivity contribution in [1.29, 1.82) is 0 Å². The van der Waals surface area contributed by atoms with Gasteiger partial charge in [-0.1, -0.05) is 53.9 Å². The molecule has 2 aromatic carbocycles. The molecule has 20 heavy (non-hydrogen) atoms. The molecule has 0 bridgehead atoms. The van der Waals surface area contributed by atoms with Crippen molar-refractivity contribution in [2.45, 2.75) is 13.0 Å². The zero-order valence-electron chi connectivity index (χ0n) is 11.1. The van der Waals surface area contributed by atoms with Crippen LogP contribution in [0.2, 0.25) is 0 Å². The Bertz CT molecular complexity index is 643. The summed E-state index contributed by atoms with van der Waals surface area (Å²) in [6.07, 6.45) is 0. The Morgan fingerprint density at radius 1 is 1.00 bits per heavy atom. The van der Waals surface area contributed by atoms with Gasteiger partial charge in [-0.15, -0.1) is 0 Å². The summed E-state index contributed by atoms with van der Waals surface area (Å²) in [4.78, 5) is 0. The van der Waals surface area contributed by atoms with Crippen molar-refractivity contribution >= 4 is 47.8 Å². The molecule has 0 radical (unpaired) electrons. The standard InChI is InChI=1S/C15H14Br3NO/c1-8-5-13(18)11(7-12(8)17)15(19)10-4-3-9(16)6-14(10)20-2/h3-7,15H,19H2,1-2H3. The van der Waals surface area contributed by atoms with Crippen LogP contribution >= 0.6 is 47.8 Å². The molecule has 0 amide bonds. The Hall–Kier alpha value is -0.360. The first-order valence-electron chi connectivity index (χ1n) is 5.98. The highest BCUT2D eigenvalue weighted by Crippen LogP contribution is 2.36. The summed E-state index contributed by atoms with van der Waals surface area (Å²) < 4.78 is 8.43. The van der Waals surface area contributed by atoms with E-state index in [0.29, 0.717) is 0 Å². The largest absolute Gasteiger partial charge is 0.496 e. The summed E-state index contributed by atoms with van der Waals surface area (Å²) in [6, 6.07) is 9.72. The Morgan fingerprint density at radius 2 is 1.70 bits per heavy atom. The minimum atomic E-state index is -0.260. The third-order valence-electron chi connectivity index (χ3n) is 3.14. The molecule has 2 nitrogen and oxygen atoms in total. The number of rotatable bonds is 3. The van der Waals surface area contributed by atoms with Crippen molar-refractivity contribution < 1.29 is 4.74 Å². The first kappa shape index (κ1) is 16.0. The molecule has 2 rings (SSSR count). The second-order valence-corrected chi connectivity index (χ2v) is 7.11. The fourth-order valence-electron chi connectivity index (χ4n) is 2.01. The molecule has 2 N–H and O–H groups in total. The highest BCUT2D eigenvalue weighted by molar-refractivity contribution is 9.11. The summed E-state index contributed by atoms with van der Waals surface area (Å²) in [7, 11) is 1.65. The normalized spacial score (nSPS) is 12.3. The number of methoxy groups -OCH3 is 1. The molecule has 0 fully saturated rings. The van der Waals surface area contributed by atoms with E-state index in [9.17, 15) is 0 Å². The lowest BCUT2D eigenvalue weighted by molar-refractivity contribution is 0.407.